The van der Waals surface area contributed by atoms with Gasteiger partial charge in [-0.1, -0.05) is 30.3 Å². The molecule has 162 valence electrons. The summed E-state index contributed by atoms with van der Waals surface area (Å²) in [6, 6.07) is 14.5. The zero-order valence-corrected chi connectivity index (χ0v) is 18.4. The molecule has 5 rings (SSSR count). The van der Waals surface area contributed by atoms with Gasteiger partial charge in [0.15, 0.2) is 5.13 Å². The Morgan fingerprint density at radius 2 is 2.09 bits per heavy atom. The first kappa shape index (κ1) is 20.5. The summed E-state index contributed by atoms with van der Waals surface area (Å²) in [5.74, 6) is 1.84. The highest BCUT2D eigenvalue weighted by molar-refractivity contribution is 7.15. The number of thiazole rings is 1. The molecule has 0 saturated carbocycles. The molecule has 1 N–H and O–H groups in total. The summed E-state index contributed by atoms with van der Waals surface area (Å²) in [5, 5.41) is 11.8. The van der Waals surface area contributed by atoms with E-state index < -0.39 is 0 Å². The van der Waals surface area contributed by atoms with Gasteiger partial charge in [-0.2, -0.15) is 0 Å². The number of fused-ring (bicyclic) bond motifs is 1. The van der Waals surface area contributed by atoms with E-state index in [9.17, 15) is 9.18 Å². The number of amides is 1. The molecule has 1 aliphatic heterocycles. The first-order valence-electron chi connectivity index (χ1n) is 10.5. The summed E-state index contributed by atoms with van der Waals surface area (Å²) in [4.78, 5) is 18.0. The van der Waals surface area contributed by atoms with Gasteiger partial charge in [-0.05, 0) is 42.7 Å². The molecule has 1 atom stereocenters. The highest BCUT2D eigenvalue weighted by atomic mass is 32.1. The van der Waals surface area contributed by atoms with Crippen LogP contribution < -0.4 is 5.32 Å². The number of anilines is 1. The quantitative estimate of drug-likeness (QED) is 0.479. The van der Waals surface area contributed by atoms with Gasteiger partial charge in [-0.25, -0.2) is 9.37 Å². The highest BCUT2D eigenvalue weighted by Crippen LogP contribution is 2.30. The average Bonchev–Trinajstić information content (AvgIpc) is 3.41. The standard InChI is InChI=1S/C24H22FN5OS/c1-15-28-29-22-10-9-19(14-30(15)22)16-6-4-7-18(11-16)23(31)27-24-26-13-20(32-24)12-17-5-2-3-8-21(17)25/h2-8,11,13,19H,9-10,12,14H2,1H3,(H,26,27,31). The van der Waals surface area contributed by atoms with E-state index in [0.29, 0.717) is 28.6 Å². The molecule has 8 heteroatoms. The average molecular weight is 448 g/mol. The minimum absolute atomic E-state index is 0.199. The Morgan fingerprint density at radius 1 is 1.22 bits per heavy atom. The summed E-state index contributed by atoms with van der Waals surface area (Å²) < 4.78 is 16.1. The monoisotopic (exact) mass is 447 g/mol. The number of carbonyl (C=O) groups excluding carboxylic acids is 1. The lowest BCUT2D eigenvalue weighted by atomic mass is 9.90. The molecule has 0 radical (unpaired) electrons. The molecule has 0 spiro atoms. The molecular weight excluding hydrogens is 425 g/mol. The van der Waals surface area contributed by atoms with Crippen molar-refractivity contribution in [2.75, 3.05) is 5.32 Å². The van der Waals surface area contributed by atoms with Crippen molar-refractivity contribution in [3.63, 3.8) is 0 Å². The van der Waals surface area contributed by atoms with Crippen LogP contribution in [-0.4, -0.2) is 25.7 Å². The van der Waals surface area contributed by atoms with Gasteiger partial charge in [0, 0.05) is 41.9 Å². The first-order chi connectivity index (χ1) is 15.6. The van der Waals surface area contributed by atoms with Gasteiger partial charge in [-0.3, -0.25) is 10.1 Å². The number of aryl methyl sites for hydroxylation is 2. The zero-order valence-electron chi connectivity index (χ0n) is 17.6. The van der Waals surface area contributed by atoms with Crippen LogP contribution in [0.25, 0.3) is 0 Å². The molecule has 2 aromatic heterocycles. The summed E-state index contributed by atoms with van der Waals surface area (Å²) in [5.41, 5.74) is 2.34. The van der Waals surface area contributed by atoms with Crippen LogP contribution >= 0.6 is 11.3 Å². The Labute approximate surface area is 189 Å². The second-order valence-electron chi connectivity index (χ2n) is 7.99. The number of benzene rings is 2. The Hall–Kier alpha value is -3.39. The Balaban J connectivity index is 1.27. The van der Waals surface area contributed by atoms with Crippen LogP contribution in [0, 0.1) is 12.7 Å². The Kier molecular flexibility index (Phi) is 5.53. The predicted molar refractivity (Wildman–Crippen MR) is 122 cm³/mol. The number of nitrogens with one attached hydrogen (secondary N) is 1. The fraction of sp³-hybridized carbons (Fsp3) is 0.250. The van der Waals surface area contributed by atoms with Crippen LogP contribution in [0.3, 0.4) is 0 Å². The molecule has 0 bridgehead atoms. The third-order valence-corrected chi connectivity index (χ3v) is 6.76. The molecular formula is C24H22FN5OS. The molecule has 0 aliphatic carbocycles. The van der Waals surface area contributed by atoms with Crippen LogP contribution in [0.2, 0.25) is 0 Å². The summed E-state index contributed by atoms with van der Waals surface area (Å²) in [6.45, 7) is 2.79. The molecule has 1 unspecified atom stereocenters. The van der Waals surface area contributed by atoms with E-state index in [1.807, 2.05) is 31.2 Å². The maximum Gasteiger partial charge on any atom is 0.257 e. The van der Waals surface area contributed by atoms with Crippen molar-refractivity contribution in [2.45, 2.75) is 38.6 Å². The topological polar surface area (TPSA) is 72.7 Å². The number of hydrogen-bond donors (Lipinski definition) is 1. The summed E-state index contributed by atoms with van der Waals surface area (Å²) in [6.07, 6.45) is 3.99. The highest BCUT2D eigenvalue weighted by Gasteiger charge is 2.23. The van der Waals surface area contributed by atoms with Gasteiger partial charge < -0.3 is 4.57 Å². The predicted octanol–water partition coefficient (Wildman–Crippen LogP) is 4.76. The third kappa shape index (κ3) is 4.18. The largest absolute Gasteiger partial charge is 0.315 e. The normalized spacial score (nSPS) is 15.4. The van der Waals surface area contributed by atoms with Gasteiger partial charge in [0.05, 0.1) is 0 Å². The van der Waals surface area contributed by atoms with Crippen molar-refractivity contribution in [1.82, 2.24) is 19.7 Å². The number of rotatable bonds is 5. The van der Waals surface area contributed by atoms with Crippen molar-refractivity contribution in [1.29, 1.82) is 0 Å². The van der Waals surface area contributed by atoms with Gasteiger partial charge in [-0.15, -0.1) is 21.5 Å². The fourth-order valence-corrected chi connectivity index (χ4v) is 4.94. The van der Waals surface area contributed by atoms with E-state index in [0.717, 1.165) is 41.5 Å². The summed E-state index contributed by atoms with van der Waals surface area (Å²) >= 11 is 1.36. The van der Waals surface area contributed by atoms with E-state index in [2.05, 4.69) is 31.1 Å². The second kappa shape index (κ2) is 8.63. The van der Waals surface area contributed by atoms with Crippen molar-refractivity contribution >= 4 is 22.4 Å². The van der Waals surface area contributed by atoms with E-state index in [1.165, 1.54) is 17.4 Å². The van der Waals surface area contributed by atoms with E-state index in [-0.39, 0.29) is 11.7 Å². The van der Waals surface area contributed by atoms with Crippen molar-refractivity contribution < 1.29 is 9.18 Å². The number of hydrogen-bond acceptors (Lipinski definition) is 5. The number of aromatic nitrogens is 4. The van der Waals surface area contributed by atoms with Crippen LogP contribution in [0.4, 0.5) is 9.52 Å². The van der Waals surface area contributed by atoms with Crippen molar-refractivity contribution in [3.05, 3.63) is 93.8 Å². The molecule has 0 saturated heterocycles. The third-order valence-electron chi connectivity index (χ3n) is 5.85. The lowest BCUT2D eigenvalue weighted by molar-refractivity contribution is 0.102. The number of carbonyl (C=O) groups is 1. The van der Waals surface area contributed by atoms with E-state index in [4.69, 9.17) is 0 Å². The SMILES string of the molecule is Cc1nnc2n1CC(c1cccc(C(=O)Nc3ncc(Cc4ccccc4F)s3)c1)CC2. The van der Waals surface area contributed by atoms with Crippen molar-refractivity contribution in [3.8, 4) is 0 Å². The van der Waals surface area contributed by atoms with Gasteiger partial charge in [0.25, 0.3) is 5.91 Å². The maximum absolute atomic E-state index is 13.9. The van der Waals surface area contributed by atoms with Gasteiger partial charge in [0.1, 0.15) is 17.5 Å². The maximum atomic E-state index is 13.9. The Morgan fingerprint density at radius 3 is 2.97 bits per heavy atom. The molecule has 4 aromatic rings. The molecule has 32 heavy (non-hydrogen) atoms. The lowest BCUT2D eigenvalue weighted by Crippen LogP contribution is -2.20. The smallest absolute Gasteiger partial charge is 0.257 e. The van der Waals surface area contributed by atoms with Crippen molar-refractivity contribution in [2.24, 2.45) is 0 Å². The number of nitrogens with zero attached hydrogens (tertiary/aromatic N) is 4. The second-order valence-corrected chi connectivity index (χ2v) is 9.10. The first-order valence-corrected chi connectivity index (χ1v) is 11.4. The van der Waals surface area contributed by atoms with Crippen LogP contribution in [0.15, 0.2) is 54.7 Å². The lowest BCUT2D eigenvalue weighted by Gasteiger charge is -2.24. The molecule has 3 heterocycles. The van der Waals surface area contributed by atoms with Crippen LogP contribution in [0.1, 0.15) is 50.3 Å². The van der Waals surface area contributed by atoms with E-state index in [1.54, 1.807) is 18.3 Å². The van der Waals surface area contributed by atoms with Crippen LogP contribution in [-0.2, 0) is 19.4 Å². The molecule has 0 fully saturated rings. The number of halogens is 1. The molecule has 1 aliphatic rings. The van der Waals surface area contributed by atoms with Gasteiger partial charge in [0.2, 0.25) is 0 Å². The minimum Gasteiger partial charge on any atom is -0.315 e. The molecule has 1 amide bonds. The molecule has 2 aromatic carbocycles. The summed E-state index contributed by atoms with van der Waals surface area (Å²) in [7, 11) is 0. The fourth-order valence-electron chi connectivity index (χ4n) is 4.11. The minimum atomic E-state index is -0.236. The van der Waals surface area contributed by atoms with E-state index >= 15 is 0 Å². The van der Waals surface area contributed by atoms with Crippen LogP contribution in [0.5, 0.6) is 0 Å². The zero-order chi connectivity index (χ0) is 22.1. The Bertz CT molecular complexity index is 1280. The van der Waals surface area contributed by atoms with Gasteiger partial charge >= 0.3 is 0 Å². The molecule has 6 nitrogen and oxygen atoms in total.